The molecule has 0 aromatic carbocycles. The van der Waals surface area contributed by atoms with E-state index in [1.165, 1.54) is 0 Å². The third kappa shape index (κ3) is 2.19. The molecule has 2 N–H and O–H groups in total. The summed E-state index contributed by atoms with van der Waals surface area (Å²) in [5.74, 6) is 0. The van der Waals surface area contributed by atoms with Crippen molar-refractivity contribution in [1.29, 1.82) is 5.26 Å². The summed E-state index contributed by atoms with van der Waals surface area (Å²) in [6, 6.07) is 5.43. The molecule has 0 aliphatic heterocycles. The van der Waals surface area contributed by atoms with E-state index in [-0.39, 0.29) is 12.4 Å². The molecule has 0 aliphatic rings. The number of nitrogens with zero attached hydrogens (tertiary/aromatic N) is 2. The van der Waals surface area contributed by atoms with Crippen LogP contribution < -0.4 is 5.73 Å². The summed E-state index contributed by atoms with van der Waals surface area (Å²) in [5.41, 5.74) is 6.53. The van der Waals surface area contributed by atoms with E-state index in [4.69, 9.17) is 11.0 Å². The summed E-state index contributed by atoms with van der Waals surface area (Å²) in [6.45, 7) is 0.323. The fourth-order valence-electron chi connectivity index (χ4n) is 0.702. The van der Waals surface area contributed by atoms with Gasteiger partial charge in [0, 0.05) is 12.7 Å². The SMILES string of the molecule is Cl.N#Cc1cccnc1CN. The Labute approximate surface area is 71.3 Å². The van der Waals surface area contributed by atoms with E-state index in [2.05, 4.69) is 4.98 Å². The largest absolute Gasteiger partial charge is 0.325 e. The fraction of sp³-hybridized carbons (Fsp3) is 0.143. The molecule has 0 unspecified atom stereocenters. The minimum atomic E-state index is 0. The molecule has 1 rings (SSSR count). The second-order valence-corrected chi connectivity index (χ2v) is 1.81. The second-order valence-electron chi connectivity index (χ2n) is 1.81. The Kier molecular flexibility index (Phi) is 4.20. The zero-order valence-electron chi connectivity index (χ0n) is 5.82. The molecule has 0 aliphatic carbocycles. The summed E-state index contributed by atoms with van der Waals surface area (Å²) in [4.78, 5) is 3.92. The number of halogens is 1. The molecule has 0 spiro atoms. The molecule has 58 valence electrons. The highest BCUT2D eigenvalue weighted by Gasteiger charge is 1.96. The van der Waals surface area contributed by atoms with Crippen molar-refractivity contribution >= 4 is 12.4 Å². The molecule has 0 bridgehead atoms. The van der Waals surface area contributed by atoms with Gasteiger partial charge in [0.2, 0.25) is 0 Å². The van der Waals surface area contributed by atoms with Gasteiger partial charge < -0.3 is 5.73 Å². The van der Waals surface area contributed by atoms with Gasteiger partial charge in [0.25, 0.3) is 0 Å². The zero-order chi connectivity index (χ0) is 7.40. The monoisotopic (exact) mass is 169 g/mol. The van der Waals surface area contributed by atoms with Crippen molar-refractivity contribution in [3.05, 3.63) is 29.6 Å². The number of aromatic nitrogens is 1. The van der Waals surface area contributed by atoms with Crippen LogP contribution in [0.3, 0.4) is 0 Å². The third-order valence-corrected chi connectivity index (χ3v) is 1.20. The number of hydrogen-bond donors (Lipinski definition) is 1. The van der Waals surface area contributed by atoms with Gasteiger partial charge in [0.1, 0.15) is 6.07 Å². The molecule has 0 fully saturated rings. The van der Waals surface area contributed by atoms with E-state index in [0.717, 1.165) is 0 Å². The lowest BCUT2D eigenvalue weighted by Crippen LogP contribution is -2.01. The summed E-state index contributed by atoms with van der Waals surface area (Å²) < 4.78 is 0. The first-order valence-corrected chi connectivity index (χ1v) is 2.92. The predicted octanol–water partition coefficient (Wildman–Crippen LogP) is 0.834. The molecule has 0 atom stereocenters. The first kappa shape index (κ1) is 9.89. The lowest BCUT2D eigenvalue weighted by atomic mass is 10.2. The molecule has 11 heavy (non-hydrogen) atoms. The predicted molar refractivity (Wildman–Crippen MR) is 44.1 cm³/mol. The van der Waals surface area contributed by atoms with Crippen LogP contribution >= 0.6 is 12.4 Å². The van der Waals surface area contributed by atoms with Crippen molar-refractivity contribution in [2.24, 2.45) is 5.73 Å². The molecule has 1 aromatic rings. The maximum atomic E-state index is 8.50. The molecular formula is C7H8ClN3. The van der Waals surface area contributed by atoms with Crippen LogP contribution in [0.5, 0.6) is 0 Å². The second kappa shape index (κ2) is 4.67. The minimum absolute atomic E-state index is 0. The van der Waals surface area contributed by atoms with E-state index >= 15 is 0 Å². The van der Waals surface area contributed by atoms with Gasteiger partial charge in [0.15, 0.2) is 0 Å². The Hall–Kier alpha value is -1.11. The van der Waals surface area contributed by atoms with Crippen LogP contribution in [0.25, 0.3) is 0 Å². The third-order valence-electron chi connectivity index (χ3n) is 1.20. The van der Waals surface area contributed by atoms with Crippen LogP contribution in [0.4, 0.5) is 0 Å². The van der Waals surface area contributed by atoms with Gasteiger partial charge in [-0.1, -0.05) is 0 Å². The molecule has 1 heterocycles. The number of pyridine rings is 1. The highest BCUT2D eigenvalue weighted by Crippen LogP contribution is 2.00. The summed E-state index contributed by atoms with van der Waals surface area (Å²) in [5, 5.41) is 8.50. The standard InChI is InChI=1S/C7H7N3.ClH/c8-4-6-2-1-3-10-7(6)5-9;/h1-3H,5,9H2;1H. The average molecular weight is 170 g/mol. The van der Waals surface area contributed by atoms with Crippen molar-refractivity contribution in [2.45, 2.75) is 6.54 Å². The van der Waals surface area contributed by atoms with Gasteiger partial charge in [-0.15, -0.1) is 12.4 Å². The Morgan fingerprint density at radius 1 is 1.64 bits per heavy atom. The normalized spacial score (nSPS) is 8.00. The van der Waals surface area contributed by atoms with Gasteiger partial charge in [-0.2, -0.15) is 5.26 Å². The van der Waals surface area contributed by atoms with Gasteiger partial charge in [0.05, 0.1) is 11.3 Å². The van der Waals surface area contributed by atoms with E-state index < -0.39 is 0 Å². The van der Waals surface area contributed by atoms with Crippen LogP contribution in [-0.4, -0.2) is 4.98 Å². The highest BCUT2D eigenvalue weighted by molar-refractivity contribution is 5.85. The summed E-state index contributed by atoms with van der Waals surface area (Å²) >= 11 is 0. The zero-order valence-corrected chi connectivity index (χ0v) is 6.64. The molecule has 4 heteroatoms. The maximum Gasteiger partial charge on any atom is 0.101 e. The summed E-state index contributed by atoms with van der Waals surface area (Å²) in [6.07, 6.45) is 1.63. The molecule has 0 saturated carbocycles. The Balaban J connectivity index is 0.000001000. The van der Waals surface area contributed by atoms with Crippen LogP contribution in [0.15, 0.2) is 18.3 Å². The van der Waals surface area contributed by atoms with Crippen LogP contribution in [0, 0.1) is 11.3 Å². The highest BCUT2D eigenvalue weighted by atomic mass is 35.5. The number of rotatable bonds is 1. The van der Waals surface area contributed by atoms with Crippen LogP contribution in [-0.2, 0) is 6.54 Å². The first-order chi connectivity index (χ1) is 4.88. The lowest BCUT2D eigenvalue weighted by Gasteiger charge is -1.95. The Morgan fingerprint density at radius 2 is 2.36 bits per heavy atom. The smallest absolute Gasteiger partial charge is 0.101 e. The van der Waals surface area contributed by atoms with Crippen molar-refractivity contribution in [3.8, 4) is 6.07 Å². The van der Waals surface area contributed by atoms with Gasteiger partial charge in [-0.3, -0.25) is 4.98 Å². The van der Waals surface area contributed by atoms with Gasteiger partial charge >= 0.3 is 0 Å². The molecule has 1 aromatic heterocycles. The van der Waals surface area contributed by atoms with E-state index in [9.17, 15) is 0 Å². The van der Waals surface area contributed by atoms with E-state index in [1.807, 2.05) is 6.07 Å². The molecule has 3 nitrogen and oxygen atoms in total. The maximum absolute atomic E-state index is 8.50. The Bertz CT molecular complexity index is 267. The molecule has 0 saturated heterocycles. The average Bonchev–Trinajstić information content (AvgIpc) is 2.04. The van der Waals surface area contributed by atoms with Gasteiger partial charge in [-0.05, 0) is 12.1 Å². The minimum Gasteiger partial charge on any atom is -0.325 e. The van der Waals surface area contributed by atoms with Crippen molar-refractivity contribution in [3.63, 3.8) is 0 Å². The van der Waals surface area contributed by atoms with E-state index in [1.54, 1.807) is 18.3 Å². The number of nitrogens with two attached hydrogens (primary N) is 1. The fourth-order valence-corrected chi connectivity index (χ4v) is 0.702. The van der Waals surface area contributed by atoms with Crippen molar-refractivity contribution in [1.82, 2.24) is 4.98 Å². The first-order valence-electron chi connectivity index (χ1n) is 2.92. The topological polar surface area (TPSA) is 62.7 Å². The lowest BCUT2D eigenvalue weighted by molar-refractivity contribution is 0.981. The van der Waals surface area contributed by atoms with Crippen molar-refractivity contribution < 1.29 is 0 Å². The number of nitriles is 1. The molecule has 0 radical (unpaired) electrons. The quantitative estimate of drug-likeness (QED) is 0.678. The van der Waals surface area contributed by atoms with Crippen LogP contribution in [0.2, 0.25) is 0 Å². The van der Waals surface area contributed by atoms with E-state index in [0.29, 0.717) is 17.8 Å². The van der Waals surface area contributed by atoms with Crippen molar-refractivity contribution in [2.75, 3.05) is 0 Å². The molecular weight excluding hydrogens is 162 g/mol. The molecule has 0 amide bonds. The Morgan fingerprint density at radius 3 is 2.82 bits per heavy atom. The van der Waals surface area contributed by atoms with Crippen LogP contribution in [0.1, 0.15) is 11.3 Å². The van der Waals surface area contributed by atoms with Gasteiger partial charge in [-0.25, -0.2) is 0 Å². The number of hydrogen-bond acceptors (Lipinski definition) is 3. The summed E-state index contributed by atoms with van der Waals surface area (Å²) in [7, 11) is 0.